The molecule has 0 aliphatic rings. The van der Waals surface area contributed by atoms with Crippen LogP contribution in [-0.4, -0.2) is 11.1 Å². The Morgan fingerprint density at radius 3 is 2.27 bits per heavy atom. The summed E-state index contributed by atoms with van der Waals surface area (Å²) >= 11 is 1.35. The molecule has 0 radical (unpaired) electrons. The van der Waals surface area contributed by atoms with E-state index in [2.05, 4.69) is 58.0 Å². The predicted octanol–water partition coefficient (Wildman–Crippen LogP) is 6.52. The van der Waals surface area contributed by atoms with Gasteiger partial charge in [0, 0.05) is 4.88 Å². The fourth-order valence-corrected chi connectivity index (χ4v) is 4.65. The number of carboxylic acids is 1. The average molecular weight is 365 g/mol. The number of aryl methyl sites for hydroxylation is 4. The van der Waals surface area contributed by atoms with Gasteiger partial charge in [0.2, 0.25) is 0 Å². The van der Waals surface area contributed by atoms with Crippen LogP contribution in [0.3, 0.4) is 0 Å². The van der Waals surface area contributed by atoms with E-state index in [0.717, 1.165) is 17.7 Å². The molecule has 134 valence electrons. The van der Waals surface area contributed by atoms with Gasteiger partial charge in [-0.2, -0.15) is 0 Å². The van der Waals surface area contributed by atoms with Crippen LogP contribution in [-0.2, 0) is 12.8 Å². The van der Waals surface area contributed by atoms with Crippen LogP contribution < -0.4 is 0 Å². The highest BCUT2D eigenvalue weighted by Gasteiger charge is 2.16. The first kappa shape index (κ1) is 18.4. The SMILES string of the molecule is CCc1cccc(C)c1-c1cc(C)c(-c2ccc(C(=O)O)s2)c(CC)c1. The van der Waals surface area contributed by atoms with Gasteiger partial charge in [-0.3, -0.25) is 0 Å². The second kappa shape index (κ2) is 7.46. The minimum atomic E-state index is -0.860. The highest BCUT2D eigenvalue weighted by atomic mass is 32.1. The second-order valence-electron chi connectivity index (χ2n) is 6.61. The summed E-state index contributed by atoms with van der Waals surface area (Å²) in [6.07, 6.45) is 1.92. The molecule has 3 rings (SSSR count). The number of carboxylic acid groups (broad SMARTS) is 1. The van der Waals surface area contributed by atoms with Crippen LogP contribution >= 0.6 is 11.3 Å². The molecule has 0 saturated carbocycles. The molecule has 1 aromatic heterocycles. The van der Waals surface area contributed by atoms with Crippen molar-refractivity contribution >= 4 is 17.3 Å². The molecule has 2 aromatic carbocycles. The highest BCUT2D eigenvalue weighted by Crippen LogP contribution is 2.38. The van der Waals surface area contributed by atoms with Crippen LogP contribution in [0.25, 0.3) is 21.6 Å². The minimum Gasteiger partial charge on any atom is -0.477 e. The van der Waals surface area contributed by atoms with E-state index in [1.165, 1.54) is 50.3 Å². The topological polar surface area (TPSA) is 37.3 Å². The summed E-state index contributed by atoms with van der Waals surface area (Å²) in [6.45, 7) is 8.65. The fourth-order valence-electron chi connectivity index (χ4n) is 3.66. The van der Waals surface area contributed by atoms with E-state index in [0.29, 0.717) is 4.88 Å². The minimum absolute atomic E-state index is 0.387. The largest absolute Gasteiger partial charge is 0.477 e. The monoisotopic (exact) mass is 364 g/mol. The number of thiophene rings is 1. The van der Waals surface area contributed by atoms with Gasteiger partial charge in [0.15, 0.2) is 0 Å². The lowest BCUT2D eigenvalue weighted by Gasteiger charge is -2.17. The number of hydrogen-bond acceptors (Lipinski definition) is 2. The third kappa shape index (κ3) is 3.32. The van der Waals surface area contributed by atoms with Gasteiger partial charge in [-0.05, 0) is 77.8 Å². The van der Waals surface area contributed by atoms with Crippen molar-refractivity contribution in [2.75, 3.05) is 0 Å². The molecule has 0 saturated heterocycles. The summed E-state index contributed by atoms with van der Waals surface area (Å²) in [5.74, 6) is -0.860. The Morgan fingerprint density at radius 2 is 1.65 bits per heavy atom. The summed E-state index contributed by atoms with van der Waals surface area (Å²) < 4.78 is 0. The Kier molecular flexibility index (Phi) is 5.28. The molecular formula is C23H24O2S. The molecule has 3 heteroatoms. The first-order valence-electron chi connectivity index (χ1n) is 9.02. The normalized spacial score (nSPS) is 10.9. The van der Waals surface area contributed by atoms with Gasteiger partial charge in [0.05, 0.1) is 0 Å². The summed E-state index contributed by atoms with van der Waals surface area (Å²) in [5.41, 5.74) is 8.89. The van der Waals surface area contributed by atoms with Crippen molar-refractivity contribution in [2.24, 2.45) is 0 Å². The molecule has 0 unspecified atom stereocenters. The van der Waals surface area contributed by atoms with Gasteiger partial charge in [-0.25, -0.2) is 4.79 Å². The Morgan fingerprint density at radius 1 is 0.923 bits per heavy atom. The van der Waals surface area contributed by atoms with E-state index in [1.807, 2.05) is 6.07 Å². The zero-order valence-corrected chi connectivity index (χ0v) is 16.5. The quantitative estimate of drug-likeness (QED) is 0.559. The van der Waals surface area contributed by atoms with Crippen LogP contribution in [0.2, 0.25) is 0 Å². The molecule has 0 spiro atoms. The average Bonchev–Trinajstić information content (AvgIpc) is 3.10. The molecule has 1 heterocycles. The zero-order chi connectivity index (χ0) is 18.8. The molecule has 0 bridgehead atoms. The second-order valence-corrected chi connectivity index (χ2v) is 7.70. The van der Waals surface area contributed by atoms with Crippen LogP contribution in [0.4, 0.5) is 0 Å². The smallest absolute Gasteiger partial charge is 0.345 e. The van der Waals surface area contributed by atoms with E-state index < -0.39 is 5.97 Å². The summed E-state index contributed by atoms with van der Waals surface area (Å²) in [6, 6.07) is 14.7. The lowest BCUT2D eigenvalue weighted by atomic mass is 9.88. The van der Waals surface area contributed by atoms with Gasteiger partial charge >= 0.3 is 5.97 Å². The van der Waals surface area contributed by atoms with E-state index in [4.69, 9.17) is 0 Å². The van der Waals surface area contributed by atoms with Crippen molar-refractivity contribution in [1.29, 1.82) is 0 Å². The summed E-state index contributed by atoms with van der Waals surface area (Å²) in [4.78, 5) is 12.7. The Hall–Kier alpha value is -2.39. The van der Waals surface area contributed by atoms with Crippen LogP contribution in [0.1, 0.15) is 45.8 Å². The zero-order valence-electron chi connectivity index (χ0n) is 15.7. The van der Waals surface area contributed by atoms with Crippen molar-refractivity contribution in [3.8, 4) is 21.6 Å². The van der Waals surface area contributed by atoms with Gasteiger partial charge < -0.3 is 5.11 Å². The maximum Gasteiger partial charge on any atom is 0.345 e. The van der Waals surface area contributed by atoms with Crippen molar-refractivity contribution in [1.82, 2.24) is 0 Å². The lowest BCUT2D eigenvalue weighted by molar-refractivity contribution is 0.0702. The standard InChI is InChI=1S/C23H24O2S/c1-5-16-9-7-8-14(3)21(16)18-12-15(4)22(17(6-2)13-18)19-10-11-20(26-19)23(24)25/h7-13H,5-6H2,1-4H3,(H,24,25). The molecule has 26 heavy (non-hydrogen) atoms. The number of carbonyl (C=O) groups is 1. The third-order valence-electron chi connectivity index (χ3n) is 4.89. The van der Waals surface area contributed by atoms with Crippen molar-refractivity contribution in [2.45, 2.75) is 40.5 Å². The van der Waals surface area contributed by atoms with E-state index in [9.17, 15) is 9.90 Å². The van der Waals surface area contributed by atoms with Gasteiger partial charge in [0.1, 0.15) is 4.88 Å². The van der Waals surface area contributed by atoms with Crippen LogP contribution in [0.15, 0.2) is 42.5 Å². The Labute approximate surface area is 159 Å². The molecule has 0 aliphatic heterocycles. The van der Waals surface area contributed by atoms with Gasteiger partial charge in [-0.1, -0.05) is 44.2 Å². The number of benzene rings is 2. The fraction of sp³-hybridized carbons (Fsp3) is 0.261. The number of aromatic carboxylic acids is 1. The third-order valence-corrected chi connectivity index (χ3v) is 5.98. The first-order valence-corrected chi connectivity index (χ1v) is 9.83. The summed E-state index contributed by atoms with van der Waals surface area (Å²) in [5, 5.41) is 9.23. The number of rotatable bonds is 5. The van der Waals surface area contributed by atoms with Crippen molar-refractivity contribution in [3.05, 3.63) is 69.6 Å². The highest BCUT2D eigenvalue weighted by molar-refractivity contribution is 7.17. The van der Waals surface area contributed by atoms with Gasteiger partial charge in [0.25, 0.3) is 0 Å². The maximum atomic E-state index is 11.2. The Balaban J connectivity index is 2.19. The number of hydrogen-bond donors (Lipinski definition) is 1. The molecular weight excluding hydrogens is 340 g/mol. The molecule has 1 N–H and O–H groups in total. The van der Waals surface area contributed by atoms with Crippen molar-refractivity contribution in [3.63, 3.8) is 0 Å². The van der Waals surface area contributed by atoms with Gasteiger partial charge in [-0.15, -0.1) is 11.3 Å². The first-order chi connectivity index (χ1) is 12.5. The molecule has 2 nitrogen and oxygen atoms in total. The molecule has 0 atom stereocenters. The van der Waals surface area contributed by atoms with E-state index >= 15 is 0 Å². The van der Waals surface area contributed by atoms with Crippen molar-refractivity contribution < 1.29 is 9.90 Å². The molecule has 0 fully saturated rings. The van der Waals surface area contributed by atoms with Crippen LogP contribution in [0.5, 0.6) is 0 Å². The predicted molar refractivity (Wildman–Crippen MR) is 110 cm³/mol. The van der Waals surface area contributed by atoms with E-state index in [-0.39, 0.29) is 0 Å². The molecule has 3 aromatic rings. The molecule has 0 aliphatic carbocycles. The van der Waals surface area contributed by atoms with E-state index in [1.54, 1.807) is 6.07 Å². The molecule has 0 amide bonds. The van der Waals surface area contributed by atoms with Crippen LogP contribution in [0, 0.1) is 13.8 Å². The summed E-state index contributed by atoms with van der Waals surface area (Å²) in [7, 11) is 0. The maximum absolute atomic E-state index is 11.2. The lowest BCUT2D eigenvalue weighted by Crippen LogP contribution is -1.96. The Bertz CT molecular complexity index is 966.